The number of aromatic nitrogens is 3. The van der Waals surface area contributed by atoms with E-state index in [9.17, 15) is 9.18 Å². The summed E-state index contributed by atoms with van der Waals surface area (Å²) in [6, 6.07) is 13.4. The minimum atomic E-state index is -0.309. The highest BCUT2D eigenvalue weighted by Crippen LogP contribution is 2.27. The van der Waals surface area contributed by atoms with Gasteiger partial charge in [-0.1, -0.05) is 11.8 Å². The Morgan fingerprint density at radius 3 is 2.61 bits per heavy atom. The number of rotatable bonds is 8. The highest BCUT2D eigenvalue weighted by atomic mass is 32.2. The minimum Gasteiger partial charge on any atom is -0.494 e. The van der Waals surface area contributed by atoms with Gasteiger partial charge in [-0.15, -0.1) is 21.5 Å². The van der Waals surface area contributed by atoms with Crippen molar-refractivity contribution in [3.8, 4) is 28.5 Å². The molecule has 31 heavy (non-hydrogen) atoms. The first-order valence-corrected chi connectivity index (χ1v) is 11.2. The minimum absolute atomic E-state index is 0.0936. The number of hydrogen-bond acceptors (Lipinski definition) is 8. The largest absolute Gasteiger partial charge is 0.494 e. The summed E-state index contributed by atoms with van der Waals surface area (Å²) >= 11 is 2.43. The molecule has 0 saturated carbocycles. The van der Waals surface area contributed by atoms with Crippen LogP contribution in [0.25, 0.3) is 22.7 Å². The van der Waals surface area contributed by atoms with Crippen LogP contribution in [0, 0.1) is 5.82 Å². The van der Waals surface area contributed by atoms with Crippen molar-refractivity contribution in [2.45, 2.75) is 12.1 Å². The molecule has 0 bridgehead atoms. The first-order valence-electron chi connectivity index (χ1n) is 9.31. The van der Waals surface area contributed by atoms with Crippen molar-refractivity contribution in [1.82, 2.24) is 15.2 Å². The van der Waals surface area contributed by atoms with Crippen molar-refractivity contribution < 1.29 is 18.3 Å². The van der Waals surface area contributed by atoms with Gasteiger partial charge in [0.05, 0.1) is 18.1 Å². The van der Waals surface area contributed by atoms with E-state index in [-0.39, 0.29) is 17.5 Å². The maximum Gasteiger partial charge on any atom is 0.277 e. The second-order valence-electron chi connectivity index (χ2n) is 6.21. The van der Waals surface area contributed by atoms with E-state index in [2.05, 4.69) is 20.5 Å². The van der Waals surface area contributed by atoms with Crippen molar-refractivity contribution in [3.05, 3.63) is 59.7 Å². The zero-order chi connectivity index (χ0) is 21.6. The fraction of sp³-hybridized carbons (Fsp3) is 0.143. The van der Waals surface area contributed by atoms with E-state index in [1.54, 1.807) is 17.5 Å². The summed E-state index contributed by atoms with van der Waals surface area (Å²) in [4.78, 5) is 16.6. The van der Waals surface area contributed by atoms with Gasteiger partial charge in [-0.3, -0.25) is 4.79 Å². The Kier molecular flexibility index (Phi) is 6.58. The van der Waals surface area contributed by atoms with Crippen LogP contribution in [0.3, 0.4) is 0 Å². The maximum atomic E-state index is 13.0. The molecule has 1 amide bonds. The molecule has 1 N–H and O–H groups in total. The first-order chi connectivity index (χ1) is 15.1. The lowest BCUT2D eigenvalue weighted by molar-refractivity contribution is -0.113. The van der Waals surface area contributed by atoms with Gasteiger partial charge in [-0.2, -0.15) is 0 Å². The molecule has 0 atom stereocenters. The van der Waals surface area contributed by atoms with Gasteiger partial charge in [0, 0.05) is 16.5 Å². The molecule has 0 aliphatic rings. The molecule has 0 radical (unpaired) electrons. The van der Waals surface area contributed by atoms with E-state index in [0.717, 1.165) is 28.6 Å². The standard InChI is InChI=1S/C21H17FN4O3S2/c1-2-28-16-9-5-14(6-10-16)19-25-26-21(29-19)31-12-18(27)24-20-23-17(11-30-20)13-3-7-15(22)8-4-13/h3-11H,2,12H2,1H3,(H,23,24,27). The number of hydrogen-bond donors (Lipinski definition) is 1. The summed E-state index contributed by atoms with van der Waals surface area (Å²) in [6.07, 6.45) is 0. The predicted molar refractivity (Wildman–Crippen MR) is 118 cm³/mol. The number of carbonyl (C=O) groups excluding carboxylic acids is 1. The van der Waals surface area contributed by atoms with Crippen LogP contribution in [0.4, 0.5) is 9.52 Å². The molecule has 4 aromatic rings. The molecule has 0 aliphatic carbocycles. The summed E-state index contributed by atoms with van der Waals surface area (Å²) in [5.74, 6) is 0.676. The molecule has 0 spiro atoms. The Morgan fingerprint density at radius 1 is 1.13 bits per heavy atom. The van der Waals surface area contributed by atoms with Crippen LogP contribution >= 0.6 is 23.1 Å². The first kappa shape index (κ1) is 21.0. The van der Waals surface area contributed by atoms with Crippen LogP contribution < -0.4 is 10.1 Å². The average molecular weight is 457 g/mol. The molecule has 2 heterocycles. The number of nitrogens with zero attached hydrogens (tertiary/aromatic N) is 3. The molecule has 2 aromatic carbocycles. The fourth-order valence-corrected chi connectivity index (χ4v) is 3.91. The molecule has 4 rings (SSSR count). The van der Waals surface area contributed by atoms with Crippen molar-refractivity contribution in [2.24, 2.45) is 0 Å². The molecule has 7 nitrogen and oxygen atoms in total. The number of ether oxygens (including phenoxy) is 1. The number of anilines is 1. The van der Waals surface area contributed by atoms with Gasteiger partial charge >= 0.3 is 0 Å². The zero-order valence-corrected chi connectivity index (χ0v) is 18.0. The van der Waals surface area contributed by atoms with Crippen LogP contribution in [0.2, 0.25) is 0 Å². The maximum absolute atomic E-state index is 13.0. The Morgan fingerprint density at radius 2 is 1.87 bits per heavy atom. The topological polar surface area (TPSA) is 90.1 Å². The molecule has 10 heteroatoms. The molecule has 0 aliphatic heterocycles. The third kappa shape index (κ3) is 5.47. The van der Waals surface area contributed by atoms with Gasteiger partial charge in [0.25, 0.3) is 5.22 Å². The van der Waals surface area contributed by atoms with Gasteiger partial charge in [-0.25, -0.2) is 9.37 Å². The lowest BCUT2D eigenvalue weighted by Gasteiger charge is -2.02. The third-order valence-electron chi connectivity index (χ3n) is 4.04. The summed E-state index contributed by atoms with van der Waals surface area (Å²) in [7, 11) is 0. The van der Waals surface area contributed by atoms with E-state index < -0.39 is 0 Å². The second-order valence-corrected chi connectivity index (χ2v) is 8.00. The van der Waals surface area contributed by atoms with Crippen LogP contribution in [-0.4, -0.2) is 33.4 Å². The van der Waals surface area contributed by atoms with Crippen molar-refractivity contribution in [1.29, 1.82) is 0 Å². The highest BCUT2D eigenvalue weighted by molar-refractivity contribution is 7.99. The van der Waals surface area contributed by atoms with Gasteiger partial charge in [-0.05, 0) is 55.5 Å². The van der Waals surface area contributed by atoms with Crippen molar-refractivity contribution >= 4 is 34.1 Å². The number of amides is 1. The normalized spacial score (nSPS) is 10.8. The summed E-state index contributed by atoms with van der Waals surface area (Å²) < 4.78 is 24.1. The Hall–Kier alpha value is -3.24. The lowest BCUT2D eigenvalue weighted by atomic mass is 10.2. The van der Waals surface area contributed by atoms with Crippen LogP contribution in [0.5, 0.6) is 5.75 Å². The molecular weight excluding hydrogens is 439 g/mol. The number of carbonyl (C=O) groups is 1. The van der Waals surface area contributed by atoms with E-state index in [1.807, 2.05) is 31.2 Å². The van der Waals surface area contributed by atoms with Gasteiger partial charge in [0.2, 0.25) is 11.8 Å². The van der Waals surface area contributed by atoms with E-state index >= 15 is 0 Å². The summed E-state index contributed by atoms with van der Waals surface area (Å²) in [5.41, 5.74) is 2.22. The van der Waals surface area contributed by atoms with Crippen molar-refractivity contribution in [2.75, 3.05) is 17.7 Å². The Labute approximate surface area is 185 Å². The number of thioether (sulfide) groups is 1. The highest BCUT2D eigenvalue weighted by Gasteiger charge is 2.13. The third-order valence-corrected chi connectivity index (χ3v) is 5.61. The number of thiazole rings is 1. The molecule has 0 unspecified atom stereocenters. The zero-order valence-electron chi connectivity index (χ0n) is 16.4. The van der Waals surface area contributed by atoms with Crippen LogP contribution in [0.1, 0.15) is 6.92 Å². The monoisotopic (exact) mass is 456 g/mol. The van der Waals surface area contributed by atoms with Crippen LogP contribution in [-0.2, 0) is 4.79 Å². The van der Waals surface area contributed by atoms with E-state index in [4.69, 9.17) is 9.15 Å². The summed E-state index contributed by atoms with van der Waals surface area (Å²) in [6.45, 7) is 2.52. The van der Waals surface area contributed by atoms with Crippen LogP contribution in [0.15, 0.2) is 63.6 Å². The smallest absolute Gasteiger partial charge is 0.277 e. The number of benzene rings is 2. The quantitative estimate of drug-likeness (QED) is 0.368. The molecule has 0 fully saturated rings. The molecular formula is C21H17FN4O3S2. The predicted octanol–water partition coefficient (Wildman–Crippen LogP) is 5.13. The molecule has 2 aromatic heterocycles. The van der Waals surface area contributed by atoms with E-state index in [1.165, 1.54) is 23.5 Å². The average Bonchev–Trinajstić information content (AvgIpc) is 3.44. The van der Waals surface area contributed by atoms with Gasteiger partial charge in [0.15, 0.2) is 5.13 Å². The molecule has 0 saturated heterocycles. The van der Waals surface area contributed by atoms with E-state index in [0.29, 0.717) is 28.5 Å². The van der Waals surface area contributed by atoms with Gasteiger partial charge in [0.1, 0.15) is 11.6 Å². The lowest BCUT2D eigenvalue weighted by Crippen LogP contribution is -2.13. The summed E-state index contributed by atoms with van der Waals surface area (Å²) in [5, 5.41) is 13.3. The van der Waals surface area contributed by atoms with Gasteiger partial charge < -0.3 is 14.5 Å². The van der Waals surface area contributed by atoms with Crippen molar-refractivity contribution in [3.63, 3.8) is 0 Å². The Bertz CT molecular complexity index is 1160. The SMILES string of the molecule is CCOc1ccc(-c2nnc(SCC(=O)Nc3nc(-c4ccc(F)cc4)cs3)o2)cc1. The molecule has 158 valence electrons. The fourth-order valence-electron chi connectivity index (χ4n) is 2.61. The number of nitrogens with one attached hydrogen (secondary N) is 1. The Balaban J connectivity index is 1.31. The number of halogens is 1. The second kappa shape index (κ2) is 9.71.